The zero-order valence-corrected chi connectivity index (χ0v) is 13.3. The molecule has 1 aliphatic heterocycles. The molecule has 20 heavy (non-hydrogen) atoms. The number of nitrogens with two attached hydrogens (primary N) is 1. The Labute approximate surface area is 123 Å². The first-order valence-electron chi connectivity index (χ1n) is 6.42. The lowest BCUT2D eigenvalue weighted by molar-refractivity contribution is 0.0699. The number of anilines is 2. The molecular weight excluding hydrogens is 300 g/mol. The van der Waals surface area contributed by atoms with Crippen LogP contribution in [0.2, 0.25) is 0 Å². The average molecular weight is 320 g/mol. The van der Waals surface area contributed by atoms with E-state index in [0.717, 1.165) is 41.9 Å². The second-order valence-corrected chi connectivity index (χ2v) is 7.81. The lowest BCUT2D eigenvalue weighted by atomic mass is 10.0. The molecule has 0 saturated carbocycles. The number of hydrogen-bond acceptors (Lipinski definition) is 7. The number of nitrogens with zero attached hydrogens (tertiary/aromatic N) is 2. The van der Waals surface area contributed by atoms with Gasteiger partial charge in [0.25, 0.3) is 0 Å². The zero-order valence-electron chi connectivity index (χ0n) is 11.6. The van der Waals surface area contributed by atoms with E-state index in [-0.39, 0.29) is 10.7 Å². The first-order valence-corrected chi connectivity index (χ1v) is 8.63. The second-order valence-electron chi connectivity index (χ2n) is 4.95. The van der Waals surface area contributed by atoms with Gasteiger partial charge in [-0.05, 0) is 30.3 Å². The van der Waals surface area contributed by atoms with Crippen LogP contribution in [-0.2, 0) is 14.8 Å². The van der Waals surface area contributed by atoms with Crippen molar-refractivity contribution in [3.63, 3.8) is 0 Å². The van der Waals surface area contributed by atoms with Crippen LogP contribution in [0.5, 0.6) is 0 Å². The highest BCUT2D eigenvalue weighted by molar-refractivity contribution is 7.89. The second kappa shape index (κ2) is 6.25. The van der Waals surface area contributed by atoms with Gasteiger partial charge in [0.2, 0.25) is 10.0 Å². The topological polar surface area (TPSA) is 97.6 Å². The van der Waals surface area contributed by atoms with E-state index < -0.39 is 10.0 Å². The van der Waals surface area contributed by atoms with Crippen LogP contribution in [0, 0.1) is 5.92 Å². The monoisotopic (exact) mass is 320 g/mol. The van der Waals surface area contributed by atoms with E-state index in [1.54, 1.807) is 0 Å². The normalized spacial score (nSPS) is 17.6. The van der Waals surface area contributed by atoms with Gasteiger partial charge in [-0.25, -0.2) is 12.7 Å². The summed E-state index contributed by atoms with van der Waals surface area (Å²) in [5.74, 6) is 0.542. The summed E-state index contributed by atoms with van der Waals surface area (Å²) in [7, 11) is -0.617. The summed E-state index contributed by atoms with van der Waals surface area (Å²) in [6.07, 6.45) is 1.97. The van der Waals surface area contributed by atoms with E-state index in [1.807, 2.05) is 0 Å². The van der Waals surface area contributed by atoms with Crippen LogP contribution in [0.15, 0.2) is 4.90 Å². The third-order valence-corrected chi connectivity index (χ3v) is 6.14. The number of ether oxygens (including phenoxy) is 1. The molecule has 0 unspecified atom stereocenters. The van der Waals surface area contributed by atoms with Crippen LogP contribution in [0.25, 0.3) is 0 Å². The van der Waals surface area contributed by atoms with E-state index >= 15 is 0 Å². The highest BCUT2D eigenvalue weighted by atomic mass is 32.2. The molecule has 1 aliphatic rings. The predicted octanol–water partition coefficient (Wildman–Crippen LogP) is 0.814. The third-order valence-electron chi connectivity index (χ3n) is 3.30. The molecular formula is C11H20N4O3S2. The molecule has 2 heterocycles. The smallest absolute Gasteiger partial charge is 0.249 e. The first-order chi connectivity index (χ1) is 9.43. The Hall–Kier alpha value is -0.900. The molecule has 0 aromatic carbocycles. The Morgan fingerprint density at radius 2 is 2.10 bits per heavy atom. The van der Waals surface area contributed by atoms with Crippen molar-refractivity contribution in [1.82, 2.24) is 8.68 Å². The summed E-state index contributed by atoms with van der Waals surface area (Å²) in [4.78, 5) is 0.0829. The van der Waals surface area contributed by atoms with Gasteiger partial charge in [0.05, 0.1) is 0 Å². The van der Waals surface area contributed by atoms with Crippen LogP contribution in [0.3, 0.4) is 0 Å². The molecule has 1 fully saturated rings. The van der Waals surface area contributed by atoms with Gasteiger partial charge < -0.3 is 15.8 Å². The van der Waals surface area contributed by atoms with Crippen molar-refractivity contribution in [2.24, 2.45) is 5.92 Å². The fourth-order valence-corrected chi connectivity index (χ4v) is 4.11. The predicted molar refractivity (Wildman–Crippen MR) is 79.4 cm³/mol. The first kappa shape index (κ1) is 15.5. The van der Waals surface area contributed by atoms with Gasteiger partial charge in [0, 0.05) is 33.9 Å². The summed E-state index contributed by atoms with van der Waals surface area (Å²) < 4.78 is 34.9. The molecule has 1 aromatic heterocycles. The van der Waals surface area contributed by atoms with Crippen molar-refractivity contribution in [2.75, 3.05) is 44.9 Å². The molecule has 0 aliphatic carbocycles. The molecule has 114 valence electrons. The van der Waals surface area contributed by atoms with Gasteiger partial charge in [-0.1, -0.05) is 0 Å². The highest BCUT2D eigenvalue weighted by Gasteiger charge is 2.28. The quantitative estimate of drug-likeness (QED) is 0.833. The van der Waals surface area contributed by atoms with E-state index in [2.05, 4.69) is 9.69 Å². The van der Waals surface area contributed by atoms with E-state index in [0.29, 0.717) is 17.5 Å². The average Bonchev–Trinajstić information content (AvgIpc) is 2.79. The Bertz CT molecular complexity index is 550. The summed E-state index contributed by atoms with van der Waals surface area (Å²) in [5, 5.41) is 3.70. The van der Waals surface area contributed by atoms with Gasteiger partial charge in [-0.2, -0.15) is 4.37 Å². The Kier molecular flexibility index (Phi) is 4.84. The summed E-state index contributed by atoms with van der Waals surface area (Å²) in [6.45, 7) is 2.24. The molecule has 7 nitrogen and oxygen atoms in total. The summed E-state index contributed by atoms with van der Waals surface area (Å²) >= 11 is 1.09. The lowest BCUT2D eigenvalue weighted by Gasteiger charge is -2.22. The Balaban J connectivity index is 2.13. The van der Waals surface area contributed by atoms with Crippen molar-refractivity contribution in [1.29, 1.82) is 0 Å². The zero-order chi connectivity index (χ0) is 14.8. The van der Waals surface area contributed by atoms with Gasteiger partial charge in [0.15, 0.2) is 10.7 Å². The molecule has 3 N–H and O–H groups in total. The van der Waals surface area contributed by atoms with Crippen molar-refractivity contribution in [3.8, 4) is 0 Å². The molecule has 1 saturated heterocycles. The van der Waals surface area contributed by atoms with Gasteiger partial charge >= 0.3 is 0 Å². The molecule has 0 amide bonds. The number of aromatic nitrogens is 1. The van der Waals surface area contributed by atoms with Crippen LogP contribution in [0.4, 0.5) is 10.8 Å². The van der Waals surface area contributed by atoms with Gasteiger partial charge in [-0.3, -0.25) is 0 Å². The fraction of sp³-hybridized carbons (Fsp3) is 0.727. The van der Waals surface area contributed by atoms with Crippen LogP contribution < -0.4 is 11.1 Å². The van der Waals surface area contributed by atoms with Crippen molar-refractivity contribution < 1.29 is 13.2 Å². The van der Waals surface area contributed by atoms with Crippen molar-refractivity contribution >= 4 is 32.4 Å². The molecule has 2 rings (SSSR count). The lowest BCUT2D eigenvalue weighted by Crippen LogP contribution is -2.25. The molecule has 1 aromatic rings. The molecule has 9 heteroatoms. The minimum Gasteiger partial charge on any atom is -0.382 e. The SMILES string of the molecule is CN(C)S(=O)(=O)c1c(N)nsc1NCC1CCOCC1. The molecule has 0 radical (unpaired) electrons. The van der Waals surface area contributed by atoms with Crippen LogP contribution in [0.1, 0.15) is 12.8 Å². The molecule has 0 atom stereocenters. The Morgan fingerprint density at radius 3 is 2.70 bits per heavy atom. The largest absolute Gasteiger partial charge is 0.382 e. The number of hydrogen-bond donors (Lipinski definition) is 2. The number of nitrogens with one attached hydrogen (secondary N) is 1. The van der Waals surface area contributed by atoms with E-state index in [4.69, 9.17) is 10.5 Å². The van der Waals surface area contributed by atoms with Crippen molar-refractivity contribution in [3.05, 3.63) is 0 Å². The maximum absolute atomic E-state index is 12.2. The number of rotatable bonds is 5. The van der Waals surface area contributed by atoms with Crippen LogP contribution in [-0.4, -0.2) is 51.0 Å². The Morgan fingerprint density at radius 1 is 1.45 bits per heavy atom. The maximum atomic E-state index is 12.2. The van der Waals surface area contributed by atoms with Gasteiger partial charge in [0.1, 0.15) is 5.00 Å². The summed E-state index contributed by atoms with van der Waals surface area (Å²) in [5.41, 5.74) is 5.71. The fourth-order valence-electron chi connectivity index (χ4n) is 2.03. The molecule has 0 bridgehead atoms. The third kappa shape index (κ3) is 3.22. The highest BCUT2D eigenvalue weighted by Crippen LogP contribution is 2.33. The minimum atomic E-state index is -3.58. The standard InChI is InChI=1S/C11H20N4O3S2/c1-15(2)20(16,17)9-10(12)14-19-11(9)13-7-8-3-5-18-6-4-8/h8,13H,3-7H2,1-2H3,(H2,12,14). The summed E-state index contributed by atoms with van der Waals surface area (Å²) in [6, 6.07) is 0. The number of nitrogen functional groups attached to an aromatic ring is 1. The maximum Gasteiger partial charge on any atom is 0.249 e. The van der Waals surface area contributed by atoms with Crippen molar-refractivity contribution in [2.45, 2.75) is 17.7 Å². The minimum absolute atomic E-state index is 0.0539. The van der Waals surface area contributed by atoms with E-state index in [9.17, 15) is 8.42 Å². The van der Waals surface area contributed by atoms with Gasteiger partial charge in [-0.15, -0.1) is 0 Å². The molecule has 0 spiro atoms. The van der Waals surface area contributed by atoms with E-state index in [1.165, 1.54) is 14.1 Å². The van der Waals surface area contributed by atoms with Crippen LogP contribution >= 0.6 is 11.5 Å². The number of sulfonamides is 1.